The largest absolute Gasteiger partial charge is 0.326 e. The molecule has 1 heterocycles. The molecule has 3 aromatic rings. The molecule has 0 aliphatic carbocycles. The summed E-state index contributed by atoms with van der Waals surface area (Å²) in [6.45, 7) is 0.393. The standard InChI is InChI=1S/C17H15ClN4/c18-14-6-7-16(13(10-14)11-19)22(15-4-2-1-3-5-15)17-8-9-20-12-21-17/h1-10,12H,11,19H2. The minimum absolute atomic E-state index is 0.393. The van der Waals surface area contributed by atoms with Crippen molar-refractivity contribution in [1.82, 2.24) is 9.97 Å². The van der Waals surface area contributed by atoms with Gasteiger partial charge in [0.1, 0.15) is 12.1 Å². The van der Waals surface area contributed by atoms with Gasteiger partial charge in [-0.15, -0.1) is 0 Å². The predicted molar refractivity (Wildman–Crippen MR) is 89.6 cm³/mol. The first kappa shape index (κ1) is 14.5. The summed E-state index contributed by atoms with van der Waals surface area (Å²) >= 11 is 6.09. The van der Waals surface area contributed by atoms with Crippen LogP contribution in [0.25, 0.3) is 0 Å². The van der Waals surface area contributed by atoms with E-state index in [0.717, 1.165) is 22.8 Å². The fourth-order valence-electron chi connectivity index (χ4n) is 2.32. The fourth-order valence-corrected chi connectivity index (χ4v) is 2.52. The van der Waals surface area contributed by atoms with Crippen molar-refractivity contribution in [2.75, 3.05) is 4.90 Å². The van der Waals surface area contributed by atoms with Gasteiger partial charge < -0.3 is 5.73 Å². The monoisotopic (exact) mass is 310 g/mol. The Morgan fingerprint density at radius 3 is 2.55 bits per heavy atom. The number of aromatic nitrogens is 2. The molecule has 0 radical (unpaired) electrons. The van der Waals surface area contributed by atoms with Crippen molar-refractivity contribution in [3.8, 4) is 0 Å². The van der Waals surface area contributed by atoms with Crippen LogP contribution in [-0.4, -0.2) is 9.97 Å². The minimum Gasteiger partial charge on any atom is -0.326 e. The van der Waals surface area contributed by atoms with Crippen LogP contribution in [-0.2, 0) is 6.54 Å². The molecule has 2 aromatic carbocycles. The number of hydrogen-bond donors (Lipinski definition) is 1. The molecule has 0 bridgehead atoms. The zero-order valence-corrected chi connectivity index (χ0v) is 12.6. The quantitative estimate of drug-likeness (QED) is 0.789. The van der Waals surface area contributed by atoms with Crippen LogP contribution in [0, 0.1) is 0 Å². The molecule has 2 N–H and O–H groups in total. The van der Waals surface area contributed by atoms with Crippen LogP contribution in [0.3, 0.4) is 0 Å². The molecule has 5 heteroatoms. The number of para-hydroxylation sites is 1. The first-order chi connectivity index (χ1) is 10.8. The van der Waals surface area contributed by atoms with Gasteiger partial charge in [-0.05, 0) is 42.0 Å². The molecular weight excluding hydrogens is 296 g/mol. The summed E-state index contributed by atoms with van der Waals surface area (Å²) in [6.07, 6.45) is 3.25. The Hall–Kier alpha value is -2.43. The Bertz CT molecular complexity index is 708. The van der Waals surface area contributed by atoms with E-state index in [1.54, 1.807) is 6.20 Å². The highest BCUT2D eigenvalue weighted by molar-refractivity contribution is 6.30. The Balaban J connectivity index is 2.19. The molecule has 0 fully saturated rings. The normalized spacial score (nSPS) is 10.5. The lowest BCUT2D eigenvalue weighted by Crippen LogP contribution is -2.14. The first-order valence-electron chi connectivity index (χ1n) is 6.89. The van der Waals surface area contributed by atoms with Gasteiger partial charge in [-0.1, -0.05) is 29.8 Å². The molecule has 4 nitrogen and oxygen atoms in total. The van der Waals surface area contributed by atoms with Crippen LogP contribution in [0.4, 0.5) is 17.2 Å². The van der Waals surface area contributed by atoms with Crippen molar-refractivity contribution in [2.24, 2.45) is 5.73 Å². The summed E-state index contributed by atoms with van der Waals surface area (Å²) in [4.78, 5) is 10.4. The fraction of sp³-hybridized carbons (Fsp3) is 0.0588. The van der Waals surface area contributed by atoms with E-state index in [1.165, 1.54) is 6.33 Å². The third-order valence-corrected chi connectivity index (χ3v) is 3.55. The molecule has 110 valence electrons. The van der Waals surface area contributed by atoms with Crippen LogP contribution in [0.15, 0.2) is 67.1 Å². The average Bonchev–Trinajstić information content (AvgIpc) is 2.58. The van der Waals surface area contributed by atoms with E-state index in [0.29, 0.717) is 11.6 Å². The maximum atomic E-state index is 6.09. The third kappa shape index (κ3) is 2.93. The SMILES string of the molecule is NCc1cc(Cl)ccc1N(c1ccccc1)c1ccncn1. The number of halogens is 1. The van der Waals surface area contributed by atoms with E-state index in [9.17, 15) is 0 Å². The average molecular weight is 311 g/mol. The first-order valence-corrected chi connectivity index (χ1v) is 7.27. The summed E-state index contributed by atoms with van der Waals surface area (Å²) < 4.78 is 0. The maximum absolute atomic E-state index is 6.09. The number of rotatable bonds is 4. The minimum atomic E-state index is 0.393. The van der Waals surface area contributed by atoms with Crippen LogP contribution in [0.2, 0.25) is 5.02 Å². The number of benzene rings is 2. The summed E-state index contributed by atoms with van der Waals surface area (Å²) in [5.41, 5.74) is 8.80. The van der Waals surface area contributed by atoms with E-state index in [1.807, 2.05) is 59.5 Å². The second-order valence-corrected chi connectivity index (χ2v) is 5.15. The van der Waals surface area contributed by atoms with Gasteiger partial charge >= 0.3 is 0 Å². The molecule has 0 spiro atoms. The zero-order valence-electron chi connectivity index (χ0n) is 11.9. The van der Waals surface area contributed by atoms with E-state index >= 15 is 0 Å². The van der Waals surface area contributed by atoms with E-state index in [-0.39, 0.29) is 0 Å². The second kappa shape index (κ2) is 6.56. The molecular formula is C17H15ClN4. The third-order valence-electron chi connectivity index (χ3n) is 3.31. The van der Waals surface area contributed by atoms with E-state index in [2.05, 4.69) is 9.97 Å². The van der Waals surface area contributed by atoms with Crippen LogP contribution in [0.1, 0.15) is 5.56 Å². The van der Waals surface area contributed by atoms with Crippen molar-refractivity contribution in [3.05, 3.63) is 77.7 Å². The molecule has 0 atom stereocenters. The molecule has 0 unspecified atom stereocenters. The van der Waals surface area contributed by atoms with Crippen LogP contribution < -0.4 is 10.6 Å². The summed E-state index contributed by atoms with van der Waals surface area (Å²) in [6, 6.07) is 17.6. The zero-order chi connectivity index (χ0) is 15.4. The van der Waals surface area contributed by atoms with Gasteiger partial charge in [0.2, 0.25) is 0 Å². The lowest BCUT2D eigenvalue weighted by Gasteiger charge is -2.26. The highest BCUT2D eigenvalue weighted by atomic mass is 35.5. The van der Waals surface area contributed by atoms with Crippen molar-refractivity contribution in [2.45, 2.75) is 6.54 Å². The predicted octanol–water partition coefficient (Wildman–Crippen LogP) is 4.06. The Morgan fingerprint density at radius 2 is 1.86 bits per heavy atom. The number of hydrogen-bond acceptors (Lipinski definition) is 4. The van der Waals surface area contributed by atoms with Crippen molar-refractivity contribution >= 4 is 28.8 Å². The van der Waals surface area contributed by atoms with Crippen LogP contribution in [0.5, 0.6) is 0 Å². The van der Waals surface area contributed by atoms with E-state index < -0.39 is 0 Å². The maximum Gasteiger partial charge on any atom is 0.140 e. The highest BCUT2D eigenvalue weighted by Gasteiger charge is 2.16. The molecule has 1 aromatic heterocycles. The second-order valence-electron chi connectivity index (χ2n) is 4.72. The van der Waals surface area contributed by atoms with Gasteiger partial charge in [0.15, 0.2) is 0 Å². The number of anilines is 3. The summed E-state index contributed by atoms with van der Waals surface area (Å²) in [5, 5.41) is 0.667. The van der Waals surface area contributed by atoms with Crippen molar-refractivity contribution in [3.63, 3.8) is 0 Å². The molecule has 0 saturated heterocycles. The molecule has 22 heavy (non-hydrogen) atoms. The summed E-state index contributed by atoms with van der Waals surface area (Å²) in [5.74, 6) is 0.776. The van der Waals surface area contributed by atoms with Gasteiger partial charge in [0.25, 0.3) is 0 Å². The topological polar surface area (TPSA) is 55.0 Å². The molecule has 3 rings (SSSR count). The van der Waals surface area contributed by atoms with Gasteiger partial charge in [-0.3, -0.25) is 4.90 Å². The Morgan fingerprint density at radius 1 is 1.05 bits per heavy atom. The Kier molecular flexibility index (Phi) is 4.32. The van der Waals surface area contributed by atoms with Crippen molar-refractivity contribution < 1.29 is 0 Å². The Labute approximate surface area is 134 Å². The van der Waals surface area contributed by atoms with Gasteiger partial charge in [-0.2, -0.15) is 0 Å². The van der Waals surface area contributed by atoms with E-state index in [4.69, 9.17) is 17.3 Å². The molecule has 0 amide bonds. The highest BCUT2D eigenvalue weighted by Crippen LogP contribution is 2.35. The lowest BCUT2D eigenvalue weighted by molar-refractivity contribution is 1.04. The lowest BCUT2D eigenvalue weighted by atomic mass is 10.1. The number of nitrogens with zero attached hydrogens (tertiary/aromatic N) is 3. The number of nitrogens with two attached hydrogens (primary N) is 1. The van der Waals surface area contributed by atoms with Crippen molar-refractivity contribution in [1.29, 1.82) is 0 Å². The van der Waals surface area contributed by atoms with Gasteiger partial charge in [-0.25, -0.2) is 9.97 Å². The smallest absolute Gasteiger partial charge is 0.140 e. The van der Waals surface area contributed by atoms with Gasteiger partial charge in [0.05, 0.1) is 5.69 Å². The van der Waals surface area contributed by atoms with Crippen LogP contribution >= 0.6 is 11.6 Å². The molecule has 0 saturated carbocycles. The molecule has 0 aliphatic heterocycles. The summed E-state index contributed by atoms with van der Waals surface area (Å²) in [7, 11) is 0. The van der Waals surface area contributed by atoms with Gasteiger partial charge in [0, 0.05) is 23.5 Å². The molecule has 0 aliphatic rings.